The Bertz CT molecular complexity index is 1150. The van der Waals surface area contributed by atoms with Crippen LogP contribution in [-0.2, 0) is 6.54 Å². The Morgan fingerprint density at radius 1 is 1.07 bits per heavy atom. The predicted octanol–water partition coefficient (Wildman–Crippen LogP) is 2.25. The smallest absolute Gasteiger partial charge is 0.293 e. The van der Waals surface area contributed by atoms with Crippen LogP contribution in [0.4, 0.5) is 5.82 Å². The van der Waals surface area contributed by atoms with Gasteiger partial charge in [-0.3, -0.25) is 9.59 Å². The average Bonchev–Trinajstić information content (AvgIpc) is 2.78. The second-order valence-corrected chi connectivity index (χ2v) is 6.94. The lowest BCUT2D eigenvalue weighted by Gasteiger charge is -2.35. The highest BCUT2D eigenvalue weighted by atomic mass is 16.2. The molecule has 146 valence electrons. The fourth-order valence-corrected chi connectivity index (χ4v) is 3.69. The summed E-state index contributed by atoms with van der Waals surface area (Å²) in [7, 11) is 0. The molecular weight excluding hydrogens is 366 g/mol. The first-order valence-electron chi connectivity index (χ1n) is 9.66. The second kappa shape index (κ2) is 7.76. The predicted molar refractivity (Wildman–Crippen MR) is 111 cm³/mol. The Kier molecular flexibility index (Phi) is 5.00. The van der Waals surface area contributed by atoms with Crippen LogP contribution in [0.25, 0.3) is 11.0 Å². The summed E-state index contributed by atoms with van der Waals surface area (Å²) in [6.45, 7) is 4.65. The van der Waals surface area contributed by atoms with Gasteiger partial charge in [-0.05, 0) is 43.3 Å². The number of amides is 1. The Morgan fingerprint density at radius 2 is 1.76 bits per heavy atom. The lowest BCUT2D eigenvalue weighted by atomic mass is 10.1. The molecule has 1 amide bonds. The second-order valence-electron chi connectivity index (χ2n) is 6.94. The monoisotopic (exact) mass is 387 g/mol. The lowest BCUT2D eigenvalue weighted by Crippen LogP contribution is -2.50. The van der Waals surface area contributed by atoms with Gasteiger partial charge in [0.15, 0.2) is 5.82 Å². The molecular formula is C22H21N5O2. The van der Waals surface area contributed by atoms with Crippen molar-refractivity contribution in [3.05, 3.63) is 70.0 Å². The molecule has 0 atom stereocenters. The van der Waals surface area contributed by atoms with Crippen molar-refractivity contribution in [3.8, 4) is 6.07 Å². The minimum Gasteiger partial charge on any atom is -0.348 e. The maximum Gasteiger partial charge on any atom is 0.293 e. The van der Waals surface area contributed by atoms with Crippen molar-refractivity contribution in [1.82, 2.24) is 14.5 Å². The number of aromatic nitrogens is 2. The van der Waals surface area contributed by atoms with Crippen molar-refractivity contribution in [2.24, 2.45) is 0 Å². The molecule has 0 spiro atoms. The number of carbonyl (C=O) groups excluding carboxylic acids is 1. The Morgan fingerprint density at radius 3 is 2.41 bits per heavy atom. The minimum atomic E-state index is -0.0990. The largest absolute Gasteiger partial charge is 0.348 e. The number of piperazine rings is 1. The van der Waals surface area contributed by atoms with E-state index in [1.54, 1.807) is 33.7 Å². The summed E-state index contributed by atoms with van der Waals surface area (Å²) in [5.74, 6) is 0.377. The number of nitriles is 1. The summed E-state index contributed by atoms with van der Waals surface area (Å²) in [4.78, 5) is 34.0. The molecule has 2 heterocycles. The van der Waals surface area contributed by atoms with Gasteiger partial charge in [0, 0.05) is 38.3 Å². The molecule has 7 nitrogen and oxygen atoms in total. The molecule has 1 aromatic heterocycles. The molecule has 0 aliphatic carbocycles. The summed E-state index contributed by atoms with van der Waals surface area (Å²) in [6, 6.07) is 16.3. The van der Waals surface area contributed by atoms with E-state index in [1.807, 2.05) is 36.1 Å². The molecule has 1 aliphatic rings. The van der Waals surface area contributed by atoms with Crippen LogP contribution in [0.1, 0.15) is 22.8 Å². The average molecular weight is 387 g/mol. The Hall–Kier alpha value is -3.66. The Labute approximate surface area is 168 Å². The first-order valence-corrected chi connectivity index (χ1v) is 9.66. The topological polar surface area (TPSA) is 82.2 Å². The van der Waals surface area contributed by atoms with Crippen LogP contribution < -0.4 is 10.5 Å². The highest BCUT2D eigenvalue weighted by Crippen LogP contribution is 2.17. The van der Waals surface area contributed by atoms with Crippen LogP contribution in [-0.4, -0.2) is 46.5 Å². The zero-order valence-corrected chi connectivity index (χ0v) is 16.2. The number of benzene rings is 2. The third-order valence-electron chi connectivity index (χ3n) is 5.28. The number of anilines is 1. The van der Waals surface area contributed by atoms with Crippen LogP contribution in [0.15, 0.2) is 53.3 Å². The van der Waals surface area contributed by atoms with E-state index in [-0.39, 0.29) is 11.5 Å². The van der Waals surface area contributed by atoms with E-state index < -0.39 is 0 Å². The summed E-state index contributed by atoms with van der Waals surface area (Å²) < 4.78 is 1.74. The highest BCUT2D eigenvalue weighted by Gasteiger charge is 2.25. The number of hydrogen-bond donors (Lipinski definition) is 0. The van der Waals surface area contributed by atoms with E-state index >= 15 is 0 Å². The van der Waals surface area contributed by atoms with Gasteiger partial charge in [0.05, 0.1) is 22.7 Å². The maximum atomic E-state index is 13.0. The van der Waals surface area contributed by atoms with Crippen molar-refractivity contribution in [3.63, 3.8) is 0 Å². The molecule has 3 aromatic rings. The number of para-hydroxylation sites is 2. The van der Waals surface area contributed by atoms with E-state index in [9.17, 15) is 9.59 Å². The zero-order chi connectivity index (χ0) is 20.4. The molecule has 1 saturated heterocycles. The fourth-order valence-electron chi connectivity index (χ4n) is 3.69. The summed E-state index contributed by atoms with van der Waals surface area (Å²) >= 11 is 0. The van der Waals surface area contributed by atoms with Crippen molar-refractivity contribution in [2.75, 3.05) is 31.1 Å². The van der Waals surface area contributed by atoms with Gasteiger partial charge in [-0.25, -0.2) is 4.98 Å². The van der Waals surface area contributed by atoms with Gasteiger partial charge in [-0.15, -0.1) is 0 Å². The van der Waals surface area contributed by atoms with E-state index in [2.05, 4.69) is 11.1 Å². The van der Waals surface area contributed by atoms with E-state index in [1.165, 1.54) is 0 Å². The van der Waals surface area contributed by atoms with Crippen molar-refractivity contribution >= 4 is 22.8 Å². The van der Waals surface area contributed by atoms with Crippen molar-refractivity contribution < 1.29 is 4.79 Å². The SMILES string of the molecule is CCn1c(=O)c(N2CCN(C(=O)c3ccc(C#N)cc3)CC2)nc2ccccc21. The van der Waals surface area contributed by atoms with Gasteiger partial charge in [-0.1, -0.05) is 12.1 Å². The van der Waals surface area contributed by atoms with Gasteiger partial charge in [0.2, 0.25) is 0 Å². The third kappa shape index (κ3) is 3.45. The summed E-state index contributed by atoms with van der Waals surface area (Å²) in [5.41, 5.74) is 2.62. The number of rotatable bonds is 3. The molecule has 0 saturated carbocycles. The number of hydrogen-bond acceptors (Lipinski definition) is 5. The van der Waals surface area contributed by atoms with E-state index in [4.69, 9.17) is 5.26 Å². The molecule has 0 N–H and O–H groups in total. The maximum absolute atomic E-state index is 13.0. The Balaban J connectivity index is 1.54. The number of aryl methyl sites for hydroxylation is 1. The molecule has 1 fully saturated rings. The molecule has 0 bridgehead atoms. The molecule has 29 heavy (non-hydrogen) atoms. The number of nitrogens with zero attached hydrogens (tertiary/aromatic N) is 5. The van der Waals surface area contributed by atoms with Crippen LogP contribution in [0, 0.1) is 11.3 Å². The number of fused-ring (bicyclic) bond motifs is 1. The first-order chi connectivity index (χ1) is 14.1. The van der Waals surface area contributed by atoms with E-state index in [0.717, 1.165) is 11.0 Å². The zero-order valence-electron chi connectivity index (χ0n) is 16.2. The van der Waals surface area contributed by atoms with E-state index in [0.29, 0.717) is 49.7 Å². The summed E-state index contributed by atoms with van der Waals surface area (Å²) in [5, 5.41) is 8.89. The van der Waals surface area contributed by atoms with Crippen molar-refractivity contribution in [2.45, 2.75) is 13.5 Å². The minimum absolute atomic E-state index is 0.0634. The molecule has 2 aromatic carbocycles. The number of carbonyl (C=O) groups is 1. The summed E-state index contributed by atoms with van der Waals surface area (Å²) in [6.07, 6.45) is 0. The normalized spacial score (nSPS) is 14.1. The van der Waals surface area contributed by atoms with Gasteiger partial charge in [-0.2, -0.15) is 5.26 Å². The van der Waals surface area contributed by atoms with Gasteiger partial charge in [0.25, 0.3) is 11.5 Å². The molecule has 7 heteroatoms. The van der Waals surface area contributed by atoms with Gasteiger partial charge >= 0.3 is 0 Å². The molecule has 1 aliphatic heterocycles. The molecule has 4 rings (SSSR count). The van der Waals surface area contributed by atoms with Gasteiger partial charge in [0.1, 0.15) is 0 Å². The van der Waals surface area contributed by atoms with Crippen LogP contribution in [0.5, 0.6) is 0 Å². The highest BCUT2D eigenvalue weighted by molar-refractivity contribution is 5.94. The lowest BCUT2D eigenvalue weighted by molar-refractivity contribution is 0.0746. The first kappa shape index (κ1) is 18.7. The quantitative estimate of drug-likeness (QED) is 0.688. The van der Waals surface area contributed by atoms with Crippen LogP contribution in [0.3, 0.4) is 0 Å². The van der Waals surface area contributed by atoms with Crippen LogP contribution in [0.2, 0.25) is 0 Å². The molecule has 0 unspecified atom stereocenters. The fraction of sp³-hybridized carbons (Fsp3) is 0.273. The standard InChI is InChI=1S/C22H21N5O2/c1-2-27-19-6-4-3-5-18(19)24-20(22(27)29)25-11-13-26(14-12-25)21(28)17-9-7-16(15-23)8-10-17/h3-10H,2,11-14H2,1H3. The molecule has 0 radical (unpaired) electrons. The van der Waals surface area contributed by atoms with Crippen LogP contribution >= 0.6 is 0 Å². The third-order valence-corrected chi connectivity index (χ3v) is 5.28. The van der Waals surface area contributed by atoms with Crippen molar-refractivity contribution in [1.29, 1.82) is 5.26 Å². The van der Waals surface area contributed by atoms with Gasteiger partial charge < -0.3 is 14.4 Å².